The van der Waals surface area contributed by atoms with Crippen molar-refractivity contribution in [1.29, 1.82) is 0 Å². The fourth-order valence-corrected chi connectivity index (χ4v) is 9.96. The molecule has 0 radical (unpaired) electrons. The van der Waals surface area contributed by atoms with E-state index in [9.17, 15) is 0 Å². The molecule has 0 spiro atoms. The Labute approximate surface area is 357 Å². The minimum atomic E-state index is 0.838. The minimum Gasteiger partial charge on any atom is -0.456 e. The standard InChI is InChI=1S/C58H38N2O2/c1-2-15-37(16-3-1)49-35-40(29-31-42(49)43-19-6-10-24-51(43)60-52-25-11-7-20-44(52)50-33-38-17-4-5-18-39(38)34-54(50)60)59(41-30-32-47-45-21-8-12-27-55(45)61-57(47)36-41)53-26-14-23-48-46-22-9-13-28-56(46)62-58(48)53/h2,4-36H,1,3H2. The Bertz CT molecular complexity index is 3840. The van der Waals surface area contributed by atoms with E-state index in [4.69, 9.17) is 8.83 Å². The van der Waals surface area contributed by atoms with E-state index in [-0.39, 0.29) is 0 Å². The van der Waals surface area contributed by atoms with Crippen LogP contribution in [0.5, 0.6) is 0 Å². The SMILES string of the molecule is C1=CC(c2cc(N(c3ccc4c(c3)oc3ccccc34)c3cccc4c3oc3ccccc34)ccc2-c2ccccc2-n2c3ccccc3c3cc4ccccc4cc32)=CCC1. The molecule has 4 heteroatoms. The van der Waals surface area contributed by atoms with Crippen molar-refractivity contribution in [2.75, 3.05) is 4.90 Å². The van der Waals surface area contributed by atoms with Gasteiger partial charge in [-0.2, -0.15) is 0 Å². The second-order valence-electron chi connectivity index (χ2n) is 16.3. The third-order valence-corrected chi connectivity index (χ3v) is 12.8. The molecule has 0 N–H and O–H groups in total. The summed E-state index contributed by atoms with van der Waals surface area (Å²) in [5.74, 6) is 0. The molecule has 9 aromatic carbocycles. The molecule has 0 saturated heterocycles. The molecule has 62 heavy (non-hydrogen) atoms. The summed E-state index contributed by atoms with van der Waals surface area (Å²) in [6.45, 7) is 0. The maximum Gasteiger partial charge on any atom is 0.159 e. The van der Waals surface area contributed by atoms with Gasteiger partial charge in [-0.05, 0) is 107 Å². The van der Waals surface area contributed by atoms with Crippen molar-refractivity contribution in [2.45, 2.75) is 12.8 Å². The predicted molar refractivity (Wildman–Crippen MR) is 259 cm³/mol. The van der Waals surface area contributed by atoms with E-state index in [2.05, 4.69) is 198 Å². The van der Waals surface area contributed by atoms with Crippen molar-refractivity contribution < 1.29 is 8.83 Å². The van der Waals surface area contributed by atoms with Crippen molar-refractivity contribution in [3.05, 3.63) is 212 Å². The van der Waals surface area contributed by atoms with Crippen LogP contribution in [0.1, 0.15) is 18.4 Å². The fourth-order valence-electron chi connectivity index (χ4n) is 9.96. The molecule has 1 aliphatic rings. The summed E-state index contributed by atoms with van der Waals surface area (Å²) in [7, 11) is 0. The smallest absolute Gasteiger partial charge is 0.159 e. The lowest BCUT2D eigenvalue weighted by Crippen LogP contribution is -2.11. The van der Waals surface area contributed by atoms with Crippen LogP contribution in [-0.2, 0) is 0 Å². The van der Waals surface area contributed by atoms with Crippen LogP contribution in [0, 0.1) is 0 Å². The molecule has 0 saturated carbocycles. The van der Waals surface area contributed by atoms with Gasteiger partial charge in [0.25, 0.3) is 0 Å². The van der Waals surface area contributed by atoms with Crippen molar-refractivity contribution in [3.63, 3.8) is 0 Å². The van der Waals surface area contributed by atoms with Gasteiger partial charge in [0.2, 0.25) is 0 Å². The maximum atomic E-state index is 6.75. The van der Waals surface area contributed by atoms with Gasteiger partial charge in [-0.15, -0.1) is 0 Å². The number of fused-ring (bicyclic) bond motifs is 10. The van der Waals surface area contributed by atoms with Crippen LogP contribution in [0.3, 0.4) is 0 Å². The van der Waals surface area contributed by atoms with E-state index in [1.807, 2.05) is 18.2 Å². The number of aromatic nitrogens is 1. The maximum absolute atomic E-state index is 6.75. The molecule has 3 heterocycles. The quantitative estimate of drug-likeness (QED) is 0.168. The van der Waals surface area contributed by atoms with Crippen LogP contribution >= 0.6 is 0 Å². The molecule has 0 atom stereocenters. The Hall–Kier alpha value is -8.08. The molecule has 292 valence electrons. The number of hydrogen-bond donors (Lipinski definition) is 0. The molecular formula is C58H38N2O2. The first-order valence-corrected chi connectivity index (χ1v) is 21.4. The number of allylic oxidation sites excluding steroid dienone is 4. The molecule has 1 aliphatic carbocycles. The van der Waals surface area contributed by atoms with Gasteiger partial charge in [0.15, 0.2) is 5.58 Å². The highest BCUT2D eigenvalue weighted by Crippen LogP contribution is 2.47. The molecule has 3 aromatic heterocycles. The third-order valence-electron chi connectivity index (χ3n) is 12.8. The van der Waals surface area contributed by atoms with Crippen LogP contribution in [0.25, 0.3) is 98.8 Å². The van der Waals surface area contributed by atoms with Crippen molar-refractivity contribution in [1.82, 2.24) is 4.57 Å². The highest BCUT2D eigenvalue weighted by atomic mass is 16.3. The average Bonchev–Trinajstić information content (AvgIpc) is 4.01. The second-order valence-corrected chi connectivity index (χ2v) is 16.3. The molecule has 0 unspecified atom stereocenters. The zero-order valence-corrected chi connectivity index (χ0v) is 33.8. The van der Waals surface area contributed by atoms with Gasteiger partial charge in [0, 0.05) is 49.6 Å². The molecule has 0 fully saturated rings. The lowest BCUT2D eigenvalue weighted by atomic mass is 9.90. The molecular weight excluding hydrogens is 757 g/mol. The van der Waals surface area contributed by atoms with Crippen molar-refractivity contribution in [3.8, 4) is 16.8 Å². The van der Waals surface area contributed by atoms with E-state index >= 15 is 0 Å². The fraction of sp³-hybridized carbons (Fsp3) is 0.0345. The third kappa shape index (κ3) is 5.33. The van der Waals surface area contributed by atoms with Gasteiger partial charge in [-0.25, -0.2) is 0 Å². The van der Waals surface area contributed by atoms with Crippen LogP contribution in [-0.4, -0.2) is 4.57 Å². The first-order chi connectivity index (χ1) is 30.7. The summed E-state index contributed by atoms with van der Waals surface area (Å²) in [5, 5.41) is 9.34. The normalized spacial score (nSPS) is 13.1. The average molecular weight is 795 g/mol. The predicted octanol–water partition coefficient (Wildman–Crippen LogP) is 16.6. The number of benzene rings is 9. The summed E-state index contributed by atoms with van der Waals surface area (Å²) in [6.07, 6.45) is 9.01. The van der Waals surface area contributed by atoms with E-state index in [1.165, 1.54) is 54.8 Å². The summed E-state index contributed by atoms with van der Waals surface area (Å²) in [5.41, 5.74) is 14.6. The zero-order valence-electron chi connectivity index (χ0n) is 33.8. The van der Waals surface area contributed by atoms with Crippen LogP contribution in [0.4, 0.5) is 17.1 Å². The van der Waals surface area contributed by atoms with Crippen molar-refractivity contribution >= 4 is 99.1 Å². The molecule has 12 aromatic rings. The number of hydrogen-bond acceptors (Lipinski definition) is 3. The highest BCUT2D eigenvalue weighted by molar-refractivity contribution is 6.15. The number of para-hydroxylation sites is 5. The van der Waals surface area contributed by atoms with E-state index in [0.29, 0.717) is 0 Å². The lowest BCUT2D eigenvalue weighted by molar-refractivity contribution is 0.667. The summed E-state index contributed by atoms with van der Waals surface area (Å²) < 4.78 is 15.7. The minimum absolute atomic E-state index is 0.838. The second kappa shape index (κ2) is 13.7. The van der Waals surface area contributed by atoms with E-state index in [1.54, 1.807) is 0 Å². The highest BCUT2D eigenvalue weighted by Gasteiger charge is 2.24. The van der Waals surface area contributed by atoms with Gasteiger partial charge >= 0.3 is 0 Å². The molecule has 13 rings (SSSR count). The Morgan fingerprint density at radius 2 is 1.10 bits per heavy atom. The van der Waals surface area contributed by atoms with Crippen LogP contribution in [0.2, 0.25) is 0 Å². The lowest BCUT2D eigenvalue weighted by Gasteiger charge is -2.27. The number of nitrogens with zero attached hydrogens (tertiary/aromatic N) is 2. The van der Waals surface area contributed by atoms with Gasteiger partial charge in [0.1, 0.15) is 16.7 Å². The van der Waals surface area contributed by atoms with Gasteiger partial charge in [-0.1, -0.05) is 133 Å². The largest absolute Gasteiger partial charge is 0.456 e. The Morgan fingerprint density at radius 3 is 1.95 bits per heavy atom. The first-order valence-electron chi connectivity index (χ1n) is 21.4. The van der Waals surface area contributed by atoms with Gasteiger partial charge in [-0.3, -0.25) is 0 Å². The molecule has 4 nitrogen and oxygen atoms in total. The summed E-state index contributed by atoms with van der Waals surface area (Å²) >= 11 is 0. The summed E-state index contributed by atoms with van der Waals surface area (Å²) in [6, 6.07) is 67.6. The Morgan fingerprint density at radius 1 is 0.419 bits per heavy atom. The van der Waals surface area contributed by atoms with E-state index in [0.717, 1.165) is 79.5 Å². The Balaban J connectivity index is 1.06. The molecule has 0 aliphatic heterocycles. The Kier molecular flexibility index (Phi) is 7.70. The number of furan rings is 2. The monoisotopic (exact) mass is 794 g/mol. The van der Waals surface area contributed by atoms with E-state index < -0.39 is 0 Å². The van der Waals surface area contributed by atoms with Crippen molar-refractivity contribution in [2.24, 2.45) is 0 Å². The van der Waals surface area contributed by atoms with Gasteiger partial charge < -0.3 is 18.3 Å². The molecule has 0 amide bonds. The zero-order chi connectivity index (χ0) is 40.7. The summed E-state index contributed by atoms with van der Waals surface area (Å²) in [4.78, 5) is 2.34. The number of rotatable bonds is 6. The van der Waals surface area contributed by atoms with Crippen LogP contribution in [0.15, 0.2) is 215 Å². The topological polar surface area (TPSA) is 34.5 Å². The first kappa shape index (κ1) is 34.8. The molecule has 0 bridgehead atoms. The van der Waals surface area contributed by atoms with Crippen LogP contribution < -0.4 is 4.90 Å². The number of anilines is 3. The van der Waals surface area contributed by atoms with Gasteiger partial charge in [0.05, 0.1) is 28.1 Å².